The van der Waals surface area contributed by atoms with E-state index < -0.39 is 0 Å². The highest BCUT2D eigenvalue weighted by molar-refractivity contribution is 7.14. The van der Waals surface area contributed by atoms with Gasteiger partial charge in [0.2, 0.25) is 0 Å². The molecular weight excluding hydrogens is 250 g/mol. The first-order valence-electron chi connectivity index (χ1n) is 6.07. The van der Waals surface area contributed by atoms with E-state index in [1.165, 1.54) is 28.2 Å². The van der Waals surface area contributed by atoms with E-state index in [4.69, 9.17) is 0 Å². The van der Waals surface area contributed by atoms with E-state index in [1.807, 2.05) is 19.1 Å². The molecule has 0 fully saturated rings. The predicted octanol–water partition coefficient (Wildman–Crippen LogP) is 2.34. The number of carbonyl (C=O) groups is 2. The molecule has 0 atom stereocenters. The average molecular weight is 269 g/mol. The molecule has 0 aliphatic rings. The lowest BCUT2D eigenvalue weighted by Gasteiger charge is -2.19. The first-order valence-corrected chi connectivity index (χ1v) is 6.88. The van der Waals surface area contributed by atoms with Crippen molar-refractivity contribution in [2.75, 3.05) is 20.2 Å². The van der Waals surface area contributed by atoms with Crippen molar-refractivity contribution in [1.29, 1.82) is 0 Å². The van der Waals surface area contributed by atoms with Crippen molar-refractivity contribution in [2.45, 2.75) is 26.7 Å². The summed E-state index contributed by atoms with van der Waals surface area (Å²) in [6.07, 6.45) is 1.73. The smallest absolute Gasteiger partial charge is 0.325 e. The highest BCUT2D eigenvalue weighted by atomic mass is 32.1. The topological polar surface area (TPSA) is 46.6 Å². The molecule has 5 heteroatoms. The molecule has 0 radical (unpaired) electrons. The molecule has 0 aromatic carbocycles. The van der Waals surface area contributed by atoms with Gasteiger partial charge < -0.3 is 9.64 Å². The van der Waals surface area contributed by atoms with Crippen LogP contribution in [0.25, 0.3) is 0 Å². The summed E-state index contributed by atoms with van der Waals surface area (Å²) < 4.78 is 4.61. The number of methoxy groups -OCH3 is 1. The normalized spacial score (nSPS) is 10.2. The molecule has 0 bridgehead atoms. The number of esters is 1. The van der Waals surface area contributed by atoms with E-state index >= 15 is 0 Å². The zero-order valence-corrected chi connectivity index (χ0v) is 11.9. The van der Waals surface area contributed by atoms with Crippen LogP contribution < -0.4 is 0 Å². The maximum absolute atomic E-state index is 12.2. The van der Waals surface area contributed by atoms with Gasteiger partial charge in [-0.3, -0.25) is 9.59 Å². The molecule has 1 rings (SSSR count). The Balaban J connectivity index is 2.78. The third kappa shape index (κ3) is 3.84. The Morgan fingerprint density at radius 1 is 1.33 bits per heavy atom. The fourth-order valence-corrected chi connectivity index (χ4v) is 2.50. The maximum atomic E-state index is 12.2. The van der Waals surface area contributed by atoms with Gasteiger partial charge in [0, 0.05) is 11.4 Å². The van der Waals surface area contributed by atoms with E-state index in [0.29, 0.717) is 11.4 Å². The molecule has 18 heavy (non-hydrogen) atoms. The Kier molecular flexibility index (Phi) is 5.85. The van der Waals surface area contributed by atoms with Gasteiger partial charge >= 0.3 is 5.97 Å². The molecule has 100 valence electrons. The third-order valence-corrected chi connectivity index (χ3v) is 3.77. The molecule has 1 aromatic rings. The lowest BCUT2D eigenvalue weighted by atomic mass is 10.3. The zero-order chi connectivity index (χ0) is 13.5. The number of thiophene rings is 1. The Hall–Kier alpha value is -1.36. The van der Waals surface area contributed by atoms with Gasteiger partial charge in [-0.15, -0.1) is 11.3 Å². The summed E-state index contributed by atoms with van der Waals surface area (Å²) in [5.74, 6) is -0.476. The summed E-state index contributed by atoms with van der Waals surface area (Å²) in [6.45, 7) is 4.61. The summed E-state index contributed by atoms with van der Waals surface area (Å²) in [7, 11) is 1.33. The minimum absolute atomic E-state index is 0.0164. The Bertz CT molecular complexity index is 414. The summed E-state index contributed by atoms with van der Waals surface area (Å²) in [5.41, 5.74) is 0. The minimum Gasteiger partial charge on any atom is -0.468 e. The van der Waals surface area contributed by atoms with Crippen molar-refractivity contribution in [2.24, 2.45) is 0 Å². The number of ether oxygens (including phenoxy) is 1. The summed E-state index contributed by atoms with van der Waals surface area (Å²) in [5, 5.41) is 0. The summed E-state index contributed by atoms with van der Waals surface area (Å²) in [6, 6.07) is 3.78. The Morgan fingerprint density at radius 3 is 2.56 bits per heavy atom. The molecule has 0 saturated heterocycles. The molecular formula is C13H19NO3S. The second-order valence-electron chi connectivity index (χ2n) is 3.92. The van der Waals surface area contributed by atoms with Crippen molar-refractivity contribution in [3.8, 4) is 0 Å². The van der Waals surface area contributed by atoms with Gasteiger partial charge in [-0.2, -0.15) is 0 Å². The van der Waals surface area contributed by atoms with Gasteiger partial charge in [-0.25, -0.2) is 0 Å². The summed E-state index contributed by atoms with van der Waals surface area (Å²) in [4.78, 5) is 26.9. The fraction of sp³-hybridized carbons (Fsp3) is 0.538. The molecule has 0 aliphatic carbocycles. The zero-order valence-electron chi connectivity index (χ0n) is 11.1. The largest absolute Gasteiger partial charge is 0.468 e. The van der Waals surface area contributed by atoms with Crippen LogP contribution >= 0.6 is 11.3 Å². The number of amides is 1. The molecule has 0 saturated carbocycles. The summed E-state index contributed by atoms with van der Waals surface area (Å²) >= 11 is 1.49. The van der Waals surface area contributed by atoms with Crippen molar-refractivity contribution in [3.63, 3.8) is 0 Å². The lowest BCUT2D eigenvalue weighted by Crippen LogP contribution is -2.36. The lowest BCUT2D eigenvalue weighted by molar-refractivity contribution is -0.141. The number of carbonyl (C=O) groups excluding carboxylic acids is 2. The van der Waals surface area contributed by atoms with Gasteiger partial charge in [0.15, 0.2) is 0 Å². The van der Waals surface area contributed by atoms with Gasteiger partial charge in [0.25, 0.3) is 5.91 Å². The van der Waals surface area contributed by atoms with Crippen molar-refractivity contribution < 1.29 is 14.3 Å². The van der Waals surface area contributed by atoms with Crippen LogP contribution in [0.15, 0.2) is 12.1 Å². The number of aryl methyl sites for hydroxylation is 1. The highest BCUT2D eigenvalue weighted by Gasteiger charge is 2.19. The number of rotatable bonds is 6. The van der Waals surface area contributed by atoms with Crippen LogP contribution in [0.3, 0.4) is 0 Å². The molecule has 4 nitrogen and oxygen atoms in total. The van der Waals surface area contributed by atoms with Crippen LogP contribution in [0.4, 0.5) is 0 Å². The van der Waals surface area contributed by atoms with Crippen LogP contribution in [0, 0.1) is 0 Å². The second kappa shape index (κ2) is 7.16. The molecule has 0 N–H and O–H groups in total. The quantitative estimate of drug-likeness (QED) is 0.745. The van der Waals surface area contributed by atoms with Crippen LogP contribution in [0.5, 0.6) is 0 Å². The standard InChI is InChI=1S/C13H19NO3S/c1-4-8-14(9-12(15)17-3)13(16)11-7-6-10(5-2)18-11/h6-7H,4-5,8-9H2,1-3H3. The predicted molar refractivity (Wildman–Crippen MR) is 71.9 cm³/mol. The van der Waals surface area contributed by atoms with Gasteiger partial charge in [0.05, 0.1) is 12.0 Å². The number of hydrogen-bond acceptors (Lipinski definition) is 4. The number of nitrogens with zero attached hydrogens (tertiary/aromatic N) is 1. The Morgan fingerprint density at radius 2 is 2.06 bits per heavy atom. The van der Waals surface area contributed by atoms with Crippen LogP contribution in [0.1, 0.15) is 34.8 Å². The van der Waals surface area contributed by atoms with Gasteiger partial charge in [0.1, 0.15) is 6.54 Å². The fourth-order valence-electron chi connectivity index (χ4n) is 1.58. The van der Waals surface area contributed by atoms with E-state index in [1.54, 1.807) is 0 Å². The highest BCUT2D eigenvalue weighted by Crippen LogP contribution is 2.19. The van der Waals surface area contributed by atoms with Crippen LogP contribution in [-0.4, -0.2) is 37.0 Å². The molecule has 0 aliphatic heterocycles. The molecule has 0 unspecified atom stereocenters. The van der Waals surface area contributed by atoms with Crippen molar-refractivity contribution >= 4 is 23.2 Å². The molecule has 1 aromatic heterocycles. The molecule has 1 heterocycles. The average Bonchev–Trinajstić information content (AvgIpc) is 2.85. The van der Waals surface area contributed by atoms with Crippen molar-refractivity contribution in [3.05, 3.63) is 21.9 Å². The first kappa shape index (κ1) is 14.7. The van der Waals surface area contributed by atoms with E-state index in [9.17, 15) is 9.59 Å². The van der Waals surface area contributed by atoms with Crippen molar-refractivity contribution in [1.82, 2.24) is 4.90 Å². The maximum Gasteiger partial charge on any atom is 0.325 e. The van der Waals surface area contributed by atoms with Crippen LogP contribution in [0.2, 0.25) is 0 Å². The monoisotopic (exact) mass is 269 g/mol. The van der Waals surface area contributed by atoms with Gasteiger partial charge in [-0.05, 0) is 25.0 Å². The van der Waals surface area contributed by atoms with E-state index in [0.717, 1.165) is 12.8 Å². The third-order valence-electron chi connectivity index (χ3n) is 2.55. The molecule has 1 amide bonds. The van der Waals surface area contributed by atoms with Gasteiger partial charge in [-0.1, -0.05) is 13.8 Å². The molecule has 0 spiro atoms. The minimum atomic E-state index is -0.385. The number of hydrogen-bond donors (Lipinski definition) is 0. The second-order valence-corrected chi connectivity index (χ2v) is 5.09. The van der Waals surface area contributed by atoms with E-state index in [2.05, 4.69) is 11.7 Å². The van der Waals surface area contributed by atoms with Crippen LogP contribution in [-0.2, 0) is 16.0 Å². The van der Waals surface area contributed by atoms with E-state index in [-0.39, 0.29) is 18.4 Å². The Labute approximate surface area is 112 Å². The SMILES string of the molecule is CCCN(CC(=O)OC)C(=O)c1ccc(CC)s1. The first-order chi connectivity index (χ1) is 8.62.